The van der Waals surface area contributed by atoms with Gasteiger partial charge in [0.2, 0.25) is 0 Å². The maximum absolute atomic E-state index is 9.03. The fourth-order valence-electron chi connectivity index (χ4n) is 2.58. The lowest BCUT2D eigenvalue weighted by atomic mass is 10.0. The summed E-state index contributed by atoms with van der Waals surface area (Å²) in [7, 11) is 2.04. The minimum Gasteiger partial charge on any atom is -0.409 e. The van der Waals surface area contributed by atoms with E-state index >= 15 is 0 Å². The van der Waals surface area contributed by atoms with E-state index in [0.29, 0.717) is 11.6 Å². The molecule has 0 aliphatic heterocycles. The highest BCUT2D eigenvalue weighted by Crippen LogP contribution is 2.30. The van der Waals surface area contributed by atoms with E-state index in [1.54, 1.807) is 6.20 Å². The minimum absolute atomic E-state index is 0.0822. The number of pyridine rings is 1. The molecule has 1 aromatic heterocycles. The Morgan fingerprint density at radius 1 is 1.43 bits per heavy atom. The number of rotatable bonds is 5. The first-order valence-corrected chi connectivity index (χ1v) is 7.18. The van der Waals surface area contributed by atoms with E-state index in [2.05, 4.69) is 28.9 Å². The predicted molar refractivity (Wildman–Crippen MR) is 87.0 cm³/mol. The molecule has 0 spiro atoms. The summed E-state index contributed by atoms with van der Waals surface area (Å²) in [5.74, 6) is 0.0822. The largest absolute Gasteiger partial charge is 0.409 e. The Bertz CT molecular complexity index is 654. The Morgan fingerprint density at radius 3 is 2.81 bits per heavy atom. The Hall–Kier alpha value is -2.30. The van der Waals surface area contributed by atoms with E-state index in [0.717, 1.165) is 29.4 Å². The summed E-state index contributed by atoms with van der Waals surface area (Å²) in [5, 5.41) is 13.2. The number of aromatic nitrogens is 1. The molecule has 0 radical (unpaired) electrons. The second-order valence-corrected chi connectivity index (χ2v) is 5.27. The SMILES string of the molecule is CCCC(C)N(C)c1c(/C(N)=N/O)cnc2ccccc12. The standard InChI is InChI=1S/C16H22N4O/c1-4-7-11(2)20(3)15-12-8-5-6-9-14(12)18-10-13(15)16(17)19-21/h5-6,8-11,21H,4,7H2,1-3H3,(H2,17,19). The Kier molecular flexibility index (Phi) is 4.62. The number of nitrogens with zero attached hydrogens (tertiary/aromatic N) is 3. The lowest BCUT2D eigenvalue weighted by molar-refractivity contribution is 0.318. The van der Waals surface area contributed by atoms with Crippen molar-refractivity contribution in [2.75, 3.05) is 11.9 Å². The highest BCUT2D eigenvalue weighted by atomic mass is 16.4. The molecule has 5 nitrogen and oxygen atoms in total. The first-order chi connectivity index (χ1) is 10.1. The first kappa shape index (κ1) is 15.1. The summed E-state index contributed by atoms with van der Waals surface area (Å²) in [6.07, 6.45) is 3.85. The zero-order chi connectivity index (χ0) is 15.4. The molecular weight excluding hydrogens is 264 g/mol. The van der Waals surface area contributed by atoms with Crippen molar-refractivity contribution in [2.45, 2.75) is 32.7 Å². The number of hydrogen-bond donors (Lipinski definition) is 2. The molecule has 0 amide bonds. The summed E-state index contributed by atoms with van der Waals surface area (Å²) in [6.45, 7) is 4.34. The maximum atomic E-state index is 9.03. The molecule has 0 aliphatic carbocycles. The summed E-state index contributed by atoms with van der Waals surface area (Å²) < 4.78 is 0. The molecule has 1 unspecified atom stereocenters. The average Bonchev–Trinajstić information content (AvgIpc) is 2.52. The molecule has 0 bridgehead atoms. The van der Waals surface area contributed by atoms with Crippen molar-refractivity contribution >= 4 is 22.4 Å². The zero-order valence-corrected chi connectivity index (χ0v) is 12.7. The van der Waals surface area contributed by atoms with E-state index in [9.17, 15) is 0 Å². The van der Waals surface area contributed by atoms with Crippen LogP contribution in [0.25, 0.3) is 10.9 Å². The monoisotopic (exact) mass is 286 g/mol. The third-order valence-corrected chi connectivity index (χ3v) is 3.85. The van der Waals surface area contributed by atoms with Crippen molar-refractivity contribution in [3.8, 4) is 0 Å². The van der Waals surface area contributed by atoms with Gasteiger partial charge in [-0.25, -0.2) is 0 Å². The van der Waals surface area contributed by atoms with Crippen molar-refractivity contribution in [1.82, 2.24) is 4.98 Å². The molecule has 0 saturated carbocycles. The molecule has 112 valence electrons. The van der Waals surface area contributed by atoms with Gasteiger partial charge in [0.25, 0.3) is 0 Å². The van der Waals surface area contributed by atoms with Gasteiger partial charge in [-0.15, -0.1) is 0 Å². The van der Waals surface area contributed by atoms with Crippen LogP contribution in [0.5, 0.6) is 0 Å². The highest BCUT2D eigenvalue weighted by molar-refractivity contribution is 6.08. The Labute approximate surface area is 125 Å². The normalized spacial score (nSPS) is 13.4. The molecule has 0 fully saturated rings. The smallest absolute Gasteiger partial charge is 0.173 e. The van der Waals surface area contributed by atoms with Gasteiger partial charge in [-0.1, -0.05) is 36.7 Å². The lowest BCUT2D eigenvalue weighted by Gasteiger charge is -2.29. The van der Waals surface area contributed by atoms with Gasteiger partial charge in [0.15, 0.2) is 5.84 Å². The van der Waals surface area contributed by atoms with Crippen LogP contribution >= 0.6 is 0 Å². The van der Waals surface area contributed by atoms with Gasteiger partial charge >= 0.3 is 0 Å². The second kappa shape index (κ2) is 6.43. The number of amidine groups is 1. The fourth-order valence-corrected chi connectivity index (χ4v) is 2.58. The number of fused-ring (bicyclic) bond motifs is 1. The van der Waals surface area contributed by atoms with Gasteiger partial charge in [0.1, 0.15) is 0 Å². The number of benzene rings is 1. The van der Waals surface area contributed by atoms with Gasteiger partial charge < -0.3 is 15.8 Å². The van der Waals surface area contributed by atoms with Crippen molar-refractivity contribution in [3.63, 3.8) is 0 Å². The number of hydrogen-bond acceptors (Lipinski definition) is 4. The molecule has 2 aromatic rings. The van der Waals surface area contributed by atoms with Crippen molar-refractivity contribution in [1.29, 1.82) is 0 Å². The molecular formula is C16H22N4O. The van der Waals surface area contributed by atoms with Crippen LogP contribution in [0.2, 0.25) is 0 Å². The summed E-state index contributed by atoms with van der Waals surface area (Å²) in [4.78, 5) is 6.58. The quantitative estimate of drug-likeness (QED) is 0.383. The number of oxime groups is 1. The third kappa shape index (κ3) is 2.91. The van der Waals surface area contributed by atoms with E-state index in [-0.39, 0.29) is 5.84 Å². The van der Waals surface area contributed by atoms with Crippen LogP contribution < -0.4 is 10.6 Å². The molecule has 5 heteroatoms. The topological polar surface area (TPSA) is 74.7 Å². The van der Waals surface area contributed by atoms with Crippen LogP contribution in [0.1, 0.15) is 32.3 Å². The van der Waals surface area contributed by atoms with Gasteiger partial charge in [-0.2, -0.15) is 0 Å². The molecule has 0 saturated heterocycles. The van der Waals surface area contributed by atoms with Gasteiger partial charge in [-0.3, -0.25) is 4.98 Å². The summed E-state index contributed by atoms with van der Waals surface area (Å²) >= 11 is 0. The van der Waals surface area contributed by atoms with Crippen molar-refractivity contribution in [3.05, 3.63) is 36.0 Å². The zero-order valence-electron chi connectivity index (χ0n) is 12.7. The van der Waals surface area contributed by atoms with Crippen LogP contribution in [0.15, 0.2) is 35.6 Å². The molecule has 1 atom stereocenters. The van der Waals surface area contributed by atoms with Gasteiger partial charge in [-0.05, 0) is 19.4 Å². The molecule has 2 rings (SSSR count). The van der Waals surface area contributed by atoms with Crippen LogP contribution in [-0.2, 0) is 0 Å². The van der Waals surface area contributed by atoms with Gasteiger partial charge in [0.05, 0.1) is 16.8 Å². The van der Waals surface area contributed by atoms with Crippen LogP contribution in [0.4, 0.5) is 5.69 Å². The average molecular weight is 286 g/mol. The lowest BCUT2D eigenvalue weighted by Crippen LogP contribution is -2.31. The van der Waals surface area contributed by atoms with Crippen LogP contribution in [0.3, 0.4) is 0 Å². The minimum atomic E-state index is 0.0822. The molecule has 1 aromatic carbocycles. The number of nitrogens with two attached hydrogens (primary N) is 1. The molecule has 0 aliphatic rings. The van der Waals surface area contributed by atoms with Crippen molar-refractivity contribution in [2.24, 2.45) is 10.9 Å². The van der Waals surface area contributed by atoms with E-state index in [1.165, 1.54) is 0 Å². The maximum Gasteiger partial charge on any atom is 0.173 e. The van der Waals surface area contributed by atoms with Crippen molar-refractivity contribution < 1.29 is 5.21 Å². The molecule has 3 N–H and O–H groups in total. The van der Waals surface area contributed by atoms with Crippen LogP contribution in [-0.4, -0.2) is 29.1 Å². The number of anilines is 1. The van der Waals surface area contributed by atoms with E-state index in [4.69, 9.17) is 10.9 Å². The fraction of sp³-hybridized carbons (Fsp3) is 0.375. The Balaban J connectivity index is 2.66. The molecule has 21 heavy (non-hydrogen) atoms. The van der Waals surface area contributed by atoms with Crippen LogP contribution in [0, 0.1) is 0 Å². The predicted octanol–water partition coefficient (Wildman–Crippen LogP) is 2.95. The molecule has 1 heterocycles. The second-order valence-electron chi connectivity index (χ2n) is 5.27. The summed E-state index contributed by atoms with van der Waals surface area (Å²) in [5.41, 5.74) is 8.34. The highest BCUT2D eigenvalue weighted by Gasteiger charge is 2.19. The van der Waals surface area contributed by atoms with E-state index in [1.807, 2.05) is 31.3 Å². The summed E-state index contributed by atoms with van der Waals surface area (Å²) in [6, 6.07) is 8.26. The Morgan fingerprint density at radius 2 is 2.14 bits per heavy atom. The van der Waals surface area contributed by atoms with E-state index < -0.39 is 0 Å². The third-order valence-electron chi connectivity index (χ3n) is 3.85. The number of para-hydroxylation sites is 1. The first-order valence-electron chi connectivity index (χ1n) is 7.18. The van der Waals surface area contributed by atoms with Gasteiger partial charge in [0, 0.05) is 24.7 Å².